The van der Waals surface area contributed by atoms with E-state index in [1.54, 1.807) is 6.07 Å². The minimum Gasteiger partial charge on any atom is -0.368 e. The number of hydrogen-bond acceptors (Lipinski definition) is 3. The summed E-state index contributed by atoms with van der Waals surface area (Å²) in [4.78, 5) is 15.6. The number of nitrogens with one attached hydrogen (secondary N) is 1. The van der Waals surface area contributed by atoms with Gasteiger partial charge in [-0.05, 0) is 25.2 Å². The van der Waals surface area contributed by atoms with Gasteiger partial charge in [0.1, 0.15) is 0 Å². The minimum atomic E-state index is -0.0848. The largest absolute Gasteiger partial charge is 0.368 e. The Kier molecular flexibility index (Phi) is 4.09. The van der Waals surface area contributed by atoms with Gasteiger partial charge in [0.25, 0.3) is 0 Å². The molecule has 0 unspecified atom stereocenters. The molecular weight excluding hydrogens is 250 g/mol. The van der Waals surface area contributed by atoms with Crippen LogP contribution in [0.25, 0.3) is 0 Å². The molecule has 18 heavy (non-hydrogen) atoms. The summed E-state index contributed by atoms with van der Waals surface area (Å²) < 4.78 is 0. The first kappa shape index (κ1) is 13.2. The molecule has 1 aromatic carbocycles. The molecule has 1 N–H and O–H groups in total. The van der Waals surface area contributed by atoms with Crippen LogP contribution in [0.3, 0.4) is 0 Å². The van der Waals surface area contributed by atoms with Crippen molar-refractivity contribution in [3.8, 4) is 0 Å². The molecule has 1 fully saturated rings. The molecule has 0 aliphatic carbocycles. The Morgan fingerprint density at radius 3 is 2.50 bits per heavy atom. The van der Waals surface area contributed by atoms with E-state index in [1.165, 1.54) is 6.92 Å². The molecule has 2 rings (SSSR count). The highest BCUT2D eigenvalue weighted by Crippen LogP contribution is 2.29. The molecule has 0 radical (unpaired) electrons. The van der Waals surface area contributed by atoms with Crippen LogP contribution in [0.2, 0.25) is 5.02 Å². The molecule has 1 aliphatic rings. The second kappa shape index (κ2) is 5.59. The third-order valence-corrected chi connectivity index (χ3v) is 3.41. The number of carbonyl (C=O) groups excluding carboxylic acids is 1. The van der Waals surface area contributed by atoms with E-state index in [0.717, 1.165) is 37.6 Å². The maximum Gasteiger partial charge on any atom is 0.221 e. The highest BCUT2D eigenvalue weighted by atomic mass is 35.5. The SMILES string of the molecule is CC(=O)Nc1ccc(N2CCN(C)CC2)c(Cl)c1. The Morgan fingerprint density at radius 2 is 1.94 bits per heavy atom. The van der Waals surface area contributed by atoms with E-state index in [0.29, 0.717) is 5.02 Å². The zero-order valence-electron chi connectivity index (χ0n) is 10.7. The van der Waals surface area contributed by atoms with Gasteiger partial charge in [-0.3, -0.25) is 4.79 Å². The van der Waals surface area contributed by atoms with E-state index in [1.807, 2.05) is 12.1 Å². The maximum atomic E-state index is 11.0. The van der Waals surface area contributed by atoms with Crippen LogP contribution in [0.1, 0.15) is 6.92 Å². The third-order valence-electron chi connectivity index (χ3n) is 3.11. The van der Waals surface area contributed by atoms with E-state index in [2.05, 4.69) is 22.2 Å². The van der Waals surface area contributed by atoms with Crippen LogP contribution in [0.5, 0.6) is 0 Å². The predicted octanol–water partition coefficient (Wildman–Crippen LogP) is 2.05. The number of rotatable bonds is 2. The lowest BCUT2D eigenvalue weighted by Crippen LogP contribution is -2.44. The molecule has 0 spiro atoms. The molecule has 0 saturated carbocycles. The second-order valence-corrected chi connectivity index (χ2v) is 5.04. The number of likely N-dealkylation sites (N-methyl/N-ethyl adjacent to an activating group) is 1. The lowest BCUT2D eigenvalue weighted by atomic mass is 10.2. The minimum absolute atomic E-state index is 0.0848. The second-order valence-electron chi connectivity index (χ2n) is 4.64. The monoisotopic (exact) mass is 267 g/mol. The first-order valence-corrected chi connectivity index (χ1v) is 6.44. The van der Waals surface area contributed by atoms with Crippen molar-refractivity contribution in [2.75, 3.05) is 43.4 Å². The average Bonchev–Trinajstić information content (AvgIpc) is 2.30. The fourth-order valence-corrected chi connectivity index (χ4v) is 2.39. The lowest BCUT2D eigenvalue weighted by Gasteiger charge is -2.34. The number of piperazine rings is 1. The highest BCUT2D eigenvalue weighted by Gasteiger charge is 2.16. The number of carbonyl (C=O) groups is 1. The Bertz CT molecular complexity index is 442. The fraction of sp³-hybridized carbons (Fsp3) is 0.462. The zero-order chi connectivity index (χ0) is 13.1. The van der Waals surface area contributed by atoms with Gasteiger partial charge in [0.2, 0.25) is 5.91 Å². The van der Waals surface area contributed by atoms with Crippen molar-refractivity contribution in [2.24, 2.45) is 0 Å². The van der Waals surface area contributed by atoms with Crippen LogP contribution in [0, 0.1) is 0 Å². The third kappa shape index (κ3) is 3.15. The maximum absolute atomic E-state index is 11.0. The van der Waals surface area contributed by atoms with E-state index in [-0.39, 0.29) is 5.91 Å². The smallest absolute Gasteiger partial charge is 0.221 e. The van der Waals surface area contributed by atoms with Crippen LogP contribution in [0.15, 0.2) is 18.2 Å². The van der Waals surface area contributed by atoms with E-state index < -0.39 is 0 Å². The van der Waals surface area contributed by atoms with Crippen molar-refractivity contribution < 1.29 is 4.79 Å². The number of anilines is 2. The summed E-state index contributed by atoms with van der Waals surface area (Å²) in [5, 5.41) is 3.42. The van der Waals surface area contributed by atoms with Crippen molar-refractivity contribution in [1.82, 2.24) is 4.90 Å². The van der Waals surface area contributed by atoms with Crippen molar-refractivity contribution in [1.29, 1.82) is 0 Å². The summed E-state index contributed by atoms with van der Waals surface area (Å²) in [5.41, 5.74) is 1.78. The van der Waals surface area contributed by atoms with Crippen LogP contribution in [-0.2, 0) is 4.79 Å². The van der Waals surface area contributed by atoms with Gasteiger partial charge in [0.05, 0.1) is 10.7 Å². The van der Waals surface area contributed by atoms with Crippen molar-refractivity contribution in [3.63, 3.8) is 0 Å². The Hall–Kier alpha value is -1.26. The number of halogens is 1. The molecule has 5 heteroatoms. The topological polar surface area (TPSA) is 35.6 Å². The number of benzene rings is 1. The van der Waals surface area contributed by atoms with Gasteiger partial charge < -0.3 is 15.1 Å². The molecule has 4 nitrogen and oxygen atoms in total. The fourth-order valence-electron chi connectivity index (χ4n) is 2.09. The quantitative estimate of drug-likeness (QED) is 0.891. The van der Waals surface area contributed by atoms with Crippen molar-refractivity contribution >= 4 is 28.9 Å². The molecule has 1 saturated heterocycles. The van der Waals surface area contributed by atoms with E-state index in [9.17, 15) is 4.79 Å². The molecule has 1 amide bonds. The number of nitrogens with zero attached hydrogens (tertiary/aromatic N) is 2. The van der Waals surface area contributed by atoms with Crippen LogP contribution < -0.4 is 10.2 Å². The number of hydrogen-bond donors (Lipinski definition) is 1. The molecule has 98 valence electrons. The van der Waals surface area contributed by atoms with Gasteiger partial charge in [0, 0.05) is 38.8 Å². The van der Waals surface area contributed by atoms with Crippen LogP contribution in [0.4, 0.5) is 11.4 Å². The van der Waals surface area contributed by atoms with E-state index in [4.69, 9.17) is 11.6 Å². The highest BCUT2D eigenvalue weighted by molar-refractivity contribution is 6.33. The number of amides is 1. The normalized spacial score (nSPS) is 16.7. The summed E-state index contributed by atoms with van der Waals surface area (Å²) >= 11 is 6.28. The Labute approximate surface area is 113 Å². The van der Waals surface area contributed by atoms with Gasteiger partial charge in [-0.2, -0.15) is 0 Å². The zero-order valence-corrected chi connectivity index (χ0v) is 11.5. The summed E-state index contributed by atoms with van der Waals surface area (Å²) in [7, 11) is 2.12. The first-order chi connectivity index (χ1) is 8.56. The van der Waals surface area contributed by atoms with Gasteiger partial charge in [-0.25, -0.2) is 0 Å². The predicted molar refractivity (Wildman–Crippen MR) is 75.5 cm³/mol. The molecule has 1 heterocycles. The van der Waals surface area contributed by atoms with E-state index >= 15 is 0 Å². The van der Waals surface area contributed by atoms with Gasteiger partial charge in [-0.15, -0.1) is 0 Å². The summed E-state index contributed by atoms with van der Waals surface area (Å²) in [6.07, 6.45) is 0. The Balaban J connectivity index is 2.12. The molecule has 0 atom stereocenters. The molecule has 0 bridgehead atoms. The van der Waals surface area contributed by atoms with Crippen LogP contribution >= 0.6 is 11.6 Å². The molecule has 1 aliphatic heterocycles. The Morgan fingerprint density at radius 1 is 1.28 bits per heavy atom. The summed E-state index contributed by atoms with van der Waals surface area (Å²) in [5.74, 6) is -0.0848. The molecular formula is C13H18ClN3O. The van der Waals surface area contributed by atoms with Crippen LogP contribution in [-0.4, -0.2) is 44.0 Å². The average molecular weight is 268 g/mol. The summed E-state index contributed by atoms with van der Waals surface area (Å²) in [6, 6.07) is 5.66. The molecule has 0 aromatic heterocycles. The van der Waals surface area contributed by atoms with Gasteiger partial charge in [-0.1, -0.05) is 11.6 Å². The standard InChI is InChI=1S/C13H18ClN3O/c1-10(18)15-11-3-4-13(12(14)9-11)17-7-5-16(2)6-8-17/h3-4,9H,5-8H2,1-2H3,(H,15,18). The summed E-state index contributed by atoms with van der Waals surface area (Å²) in [6.45, 7) is 5.54. The molecule has 1 aromatic rings. The first-order valence-electron chi connectivity index (χ1n) is 6.07. The van der Waals surface area contributed by atoms with Crippen molar-refractivity contribution in [2.45, 2.75) is 6.92 Å². The van der Waals surface area contributed by atoms with Gasteiger partial charge >= 0.3 is 0 Å². The van der Waals surface area contributed by atoms with Crippen molar-refractivity contribution in [3.05, 3.63) is 23.2 Å². The van der Waals surface area contributed by atoms with Gasteiger partial charge in [0.15, 0.2) is 0 Å². The lowest BCUT2D eigenvalue weighted by molar-refractivity contribution is -0.114.